The van der Waals surface area contributed by atoms with Crippen LogP contribution in [0.3, 0.4) is 0 Å². The molecule has 2 rings (SSSR count). The van der Waals surface area contributed by atoms with E-state index in [1.165, 1.54) is 11.3 Å². The van der Waals surface area contributed by atoms with Gasteiger partial charge in [0.05, 0.1) is 0 Å². The van der Waals surface area contributed by atoms with Crippen LogP contribution in [0.4, 0.5) is 0 Å². The molecule has 5 heteroatoms. The molecule has 0 unspecified atom stereocenters. The van der Waals surface area contributed by atoms with E-state index < -0.39 is 5.97 Å². The number of thiophene rings is 1. The lowest BCUT2D eigenvalue weighted by Crippen LogP contribution is -2.17. The average Bonchev–Trinajstić information content (AvgIpc) is 2.88. The average molecular weight is 261 g/mol. The van der Waals surface area contributed by atoms with Crippen LogP contribution in [0.1, 0.15) is 20.0 Å². The van der Waals surface area contributed by atoms with Crippen molar-refractivity contribution >= 4 is 23.2 Å². The fraction of sp³-hybridized carbons (Fsp3) is 0.0769. The number of carbonyl (C=O) groups excluding carboxylic acids is 1. The highest BCUT2D eigenvalue weighted by molar-refractivity contribution is 7.17. The van der Waals surface area contributed by atoms with Crippen LogP contribution in [0.5, 0.6) is 0 Å². The van der Waals surface area contributed by atoms with Crippen LogP contribution < -0.4 is 5.32 Å². The zero-order chi connectivity index (χ0) is 13.1. The predicted molar refractivity (Wildman–Crippen MR) is 70.1 cm³/mol. The van der Waals surface area contributed by atoms with Gasteiger partial charge in [0.15, 0.2) is 0 Å². The molecule has 2 N–H and O–H groups in total. The monoisotopic (exact) mass is 261 g/mol. The molecule has 0 saturated heterocycles. The maximum Gasteiger partial charge on any atom is 0.345 e. The summed E-state index contributed by atoms with van der Waals surface area (Å²) in [6.45, 7) is 0. The van der Waals surface area contributed by atoms with Gasteiger partial charge in [0.25, 0.3) is 5.91 Å². The highest BCUT2D eigenvalue weighted by Crippen LogP contribution is 2.28. The van der Waals surface area contributed by atoms with Crippen LogP contribution in [0.25, 0.3) is 10.4 Å². The second kappa shape index (κ2) is 5.01. The van der Waals surface area contributed by atoms with Crippen molar-refractivity contribution in [1.82, 2.24) is 5.32 Å². The van der Waals surface area contributed by atoms with Gasteiger partial charge in [0, 0.05) is 17.5 Å². The van der Waals surface area contributed by atoms with Gasteiger partial charge in [-0.2, -0.15) is 0 Å². The van der Waals surface area contributed by atoms with Gasteiger partial charge in [-0.25, -0.2) is 4.79 Å². The van der Waals surface area contributed by atoms with Crippen molar-refractivity contribution in [3.63, 3.8) is 0 Å². The first-order chi connectivity index (χ1) is 8.61. The van der Waals surface area contributed by atoms with Crippen molar-refractivity contribution in [2.24, 2.45) is 0 Å². The summed E-state index contributed by atoms with van der Waals surface area (Å²) in [5.41, 5.74) is 1.48. The molecule has 0 bridgehead atoms. The molecule has 18 heavy (non-hydrogen) atoms. The van der Waals surface area contributed by atoms with Gasteiger partial charge < -0.3 is 10.4 Å². The Morgan fingerprint density at radius 3 is 2.28 bits per heavy atom. The van der Waals surface area contributed by atoms with Gasteiger partial charge in [-0.1, -0.05) is 12.1 Å². The Balaban J connectivity index is 2.28. The third kappa shape index (κ3) is 2.41. The fourth-order valence-electron chi connectivity index (χ4n) is 1.54. The van der Waals surface area contributed by atoms with E-state index in [1.807, 2.05) is 12.1 Å². The zero-order valence-corrected chi connectivity index (χ0v) is 10.5. The number of hydrogen-bond acceptors (Lipinski definition) is 3. The number of nitrogens with one attached hydrogen (secondary N) is 1. The Morgan fingerprint density at radius 2 is 1.78 bits per heavy atom. The number of hydrogen-bond donors (Lipinski definition) is 2. The summed E-state index contributed by atoms with van der Waals surface area (Å²) < 4.78 is 0. The number of carbonyl (C=O) groups is 2. The largest absolute Gasteiger partial charge is 0.477 e. The molecule has 0 saturated carbocycles. The van der Waals surface area contributed by atoms with Crippen LogP contribution in [-0.2, 0) is 0 Å². The first kappa shape index (κ1) is 12.3. The van der Waals surface area contributed by atoms with Crippen LogP contribution in [-0.4, -0.2) is 24.0 Å². The van der Waals surface area contributed by atoms with Crippen molar-refractivity contribution in [2.75, 3.05) is 7.05 Å². The smallest absolute Gasteiger partial charge is 0.345 e. The summed E-state index contributed by atoms with van der Waals surface area (Å²) in [5.74, 6) is -1.06. The molecular formula is C13H11NO3S. The number of benzene rings is 1. The maximum atomic E-state index is 11.4. The molecule has 0 radical (unpaired) electrons. The Morgan fingerprint density at radius 1 is 1.11 bits per heavy atom. The Bertz CT molecular complexity index is 587. The lowest BCUT2D eigenvalue weighted by molar-refractivity contribution is 0.0702. The molecule has 4 nitrogen and oxygen atoms in total. The lowest BCUT2D eigenvalue weighted by atomic mass is 10.1. The van der Waals surface area contributed by atoms with Gasteiger partial charge in [0.2, 0.25) is 0 Å². The molecule has 0 aliphatic carbocycles. The molecule has 1 aromatic carbocycles. The topological polar surface area (TPSA) is 66.4 Å². The third-order valence-electron chi connectivity index (χ3n) is 2.48. The molecule has 0 aliphatic heterocycles. The summed E-state index contributed by atoms with van der Waals surface area (Å²) in [7, 11) is 1.58. The second-order valence-electron chi connectivity index (χ2n) is 3.63. The summed E-state index contributed by atoms with van der Waals surface area (Å²) >= 11 is 1.21. The van der Waals surface area contributed by atoms with E-state index in [2.05, 4.69) is 5.32 Å². The third-order valence-corrected chi connectivity index (χ3v) is 3.60. The zero-order valence-electron chi connectivity index (χ0n) is 9.64. The molecule has 1 heterocycles. The molecule has 0 atom stereocenters. The Labute approximate surface area is 108 Å². The summed E-state index contributed by atoms with van der Waals surface area (Å²) in [6.07, 6.45) is 0. The quantitative estimate of drug-likeness (QED) is 0.892. The highest BCUT2D eigenvalue weighted by atomic mass is 32.1. The minimum absolute atomic E-state index is 0.140. The van der Waals surface area contributed by atoms with Gasteiger partial charge in [-0.05, 0) is 29.8 Å². The Kier molecular flexibility index (Phi) is 3.43. The summed E-state index contributed by atoms with van der Waals surface area (Å²) in [4.78, 5) is 23.3. The van der Waals surface area contributed by atoms with Crippen molar-refractivity contribution in [3.8, 4) is 10.4 Å². The van der Waals surface area contributed by atoms with E-state index in [0.29, 0.717) is 10.4 Å². The van der Waals surface area contributed by atoms with Crippen LogP contribution in [0.2, 0.25) is 0 Å². The molecule has 0 spiro atoms. The first-order valence-corrected chi connectivity index (χ1v) is 6.09. The SMILES string of the molecule is CNC(=O)c1ccc(-c2ccc(C(=O)O)s2)cc1. The fourth-order valence-corrected chi connectivity index (χ4v) is 2.39. The van der Waals surface area contributed by atoms with E-state index in [4.69, 9.17) is 5.11 Å². The van der Waals surface area contributed by atoms with Crippen molar-refractivity contribution in [3.05, 3.63) is 46.8 Å². The molecule has 2 aromatic rings. The first-order valence-electron chi connectivity index (χ1n) is 5.27. The van der Waals surface area contributed by atoms with E-state index in [0.717, 1.165) is 10.4 Å². The minimum Gasteiger partial charge on any atom is -0.477 e. The lowest BCUT2D eigenvalue weighted by Gasteiger charge is -2.01. The maximum absolute atomic E-state index is 11.4. The molecule has 0 aliphatic rings. The molecule has 92 valence electrons. The normalized spacial score (nSPS) is 10.1. The van der Waals surface area contributed by atoms with Crippen LogP contribution in [0.15, 0.2) is 36.4 Å². The predicted octanol–water partition coefficient (Wildman–Crippen LogP) is 2.47. The number of carboxylic acids is 1. The second-order valence-corrected chi connectivity index (χ2v) is 4.71. The molecule has 1 aromatic heterocycles. The number of aromatic carboxylic acids is 1. The van der Waals surface area contributed by atoms with E-state index in [9.17, 15) is 9.59 Å². The molecule has 0 fully saturated rings. The van der Waals surface area contributed by atoms with Gasteiger partial charge in [-0.3, -0.25) is 4.79 Å². The van der Waals surface area contributed by atoms with Gasteiger partial charge in [-0.15, -0.1) is 11.3 Å². The minimum atomic E-state index is -0.923. The summed E-state index contributed by atoms with van der Waals surface area (Å²) in [6, 6.07) is 10.4. The van der Waals surface area contributed by atoms with Crippen LogP contribution >= 0.6 is 11.3 Å². The van der Waals surface area contributed by atoms with Crippen molar-refractivity contribution in [1.29, 1.82) is 0 Å². The molecule has 1 amide bonds. The number of carboxylic acid groups (broad SMARTS) is 1. The standard InChI is InChI=1S/C13H11NO3S/c1-14-12(15)9-4-2-8(3-5-9)10-6-7-11(18-10)13(16)17/h2-7H,1H3,(H,14,15)(H,16,17). The van der Waals surface area contributed by atoms with Crippen LogP contribution in [0, 0.1) is 0 Å². The summed E-state index contributed by atoms with van der Waals surface area (Å²) in [5, 5.41) is 11.4. The highest BCUT2D eigenvalue weighted by Gasteiger charge is 2.09. The van der Waals surface area contributed by atoms with E-state index >= 15 is 0 Å². The van der Waals surface area contributed by atoms with Crippen molar-refractivity contribution < 1.29 is 14.7 Å². The molecular weight excluding hydrogens is 250 g/mol. The number of rotatable bonds is 3. The van der Waals surface area contributed by atoms with Crippen molar-refractivity contribution in [2.45, 2.75) is 0 Å². The van der Waals surface area contributed by atoms with E-state index in [-0.39, 0.29) is 5.91 Å². The Hall–Kier alpha value is -2.14. The van der Waals surface area contributed by atoms with E-state index in [1.54, 1.807) is 31.3 Å². The van der Waals surface area contributed by atoms with Gasteiger partial charge in [0.1, 0.15) is 4.88 Å². The van der Waals surface area contributed by atoms with Gasteiger partial charge >= 0.3 is 5.97 Å². The number of amides is 1.